The van der Waals surface area contributed by atoms with Crippen LogP contribution in [0.2, 0.25) is 5.02 Å². The molecule has 0 aliphatic rings. The van der Waals surface area contributed by atoms with Crippen LogP contribution in [0.3, 0.4) is 0 Å². The minimum atomic E-state index is -0.237. The molecule has 4 aromatic rings. The number of hydrogen-bond donors (Lipinski definition) is 1. The van der Waals surface area contributed by atoms with E-state index in [1.807, 2.05) is 48.5 Å². The molecule has 0 saturated heterocycles. The van der Waals surface area contributed by atoms with Crippen molar-refractivity contribution in [2.45, 2.75) is 11.7 Å². The Hall–Kier alpha value is -3.49. The second-order valence-electron chi connectivity index (χ2n) is 7.29. The van der Waals surface area contributed by atoms with Crippen LogP contribution in [-0.2, 0) is 11.3 Å². The summed E-state index contributed by atoms with van der Waals surface area (Å²) >= 11 is 7.38. The fourth-order valence-corrected chi connectivity index (χ4v) is 4.28. The van der Waals surface area contributed by atoms with Gasteiger partial charge in [0.15, 0.2) is 5.16 Å². The molecule has 34 heavy (non-hydrogen) atoms. The Kier molecular flexibility index (Phi) is 7.72. The molecule has 4 rings (SSSR count). The van der Waals surface area contributed by atoms with Crippen LogP contribution in [0.25, 0.3) is 11.0 Å². The fraction of sp³-hybridized carbons (Fsp3) is 0.160. The van der Waals surface area contributed by atoms with Gasteiger partial charge in [0.25, 0.3) is 5.91 Å². The molecule has 1 heterocycles. The van der Waals surface area contributed by atoms with Crippen molar-refractivity contribution >= 4 is 46.5 Å². The number of hydrogen-bond acceptors (Lipinski definition) is 6. The number of hydrazone groups is 1. The molecule has 0 atom stereocenters. The first-order chi connectivity index (χ1) is 16.6. The third-order valence-corrected chi connectivity index (χ3v) is 6.27. The van der Waals surface area contributed by atoms with Gasteiger partial charge in [-0.2, -0.15) is 5.10 Å². The molecule has 3 aromatic carbocycles. The zero-order chi connectivity index (χ0) is 23.9. The van der Waals surface area contributed by atoms with Gasteiger partial charge in [-0.05, 0) is 42.0 Å². The number of methoxy groups -OCH3 is 2. The zero-order valence-corrected chi connectivity index (χ0v) is 20.3. The van der Waals surface area contributed by atoms with E-state index in [9.17, 15) is 4.79 Å². The summed E-state index contributed by atoms with van der Waals surface area (Å²) in [5, 5.41) is 5.51. The average molecular weight is 495 g/mol. The number of ether oxygens (including phenoxy) is 2. The first-order valence-corrected chi connectivity index (χ1v) is 11.8. The Morgan fingerprint density at radius 2 is 1.91 bits per heavy atom. The van der Waals surface area contributed by atoms with E-state index in [4.69, 9.17) is 26.1 Å². The van der Waals surface area contributed by atoms with Crippen LogP contribution in [0.1, 0.15) is 11.1 Å². The maximum absolute atomic E-state index is 12.4. The summed E-state index contributed by atoms with van der Waals surface area (Å²) < 4.78 is 12.6. The predicted molar refractivity (Wildman–Crippen MR) is 136 cm³/mol. The number of imidazole rings is 1. The molecule has 1 aromatic heterocycles. The Morgan fingerprint density at radius 1 is 1.12 bits per heavy atom. The van der Waals surface area contributed by atoms with E-state index in [0.717, 1.165) is 27.3 Å². The Morgan fingerprint density at radius 3 is 2.68 bits per heavy atom. The smallest absolute Gasteiger partial charge is 0.250 e. The second kappa shape index (κ2) is 11.1. The summed E-state index contributed by atoms with van der Waals surface area (Å²) in [6.07, 6.45) is 1.54. The molecule has 0 saturated carbocycles. The molecule has 0 aliphatic heterocycles. The molecule has 0 aliphatic carbocycles. The maximum Gasteiger partial charge on any atom is 0.250 e. The Balaban J connectivity index is 1.43. The number of thioether (sulfide) groups is 1. The SMILES string of the molecule is COc1ccc(/C=N\NC(=O)CSc2nc3ccccc3n2Cc2ccc(Cl)cc2)c(OC)c1. The first-order valence-electron chi connectivity index (χ1n) is 10.4. The summed E-state index contributed by atoms with van der Waals surface area (Å²) in [6, 6.07) is 21.0. The molecule has 0 bridgehead atoms. The number of nitrogens with one attached hydrogen (secondary N) is 1. The van der Waals surface area contributed by atoms with Gasteiger partial charge in [0.2, 0.25) is 0 Å². The van der Waals surface area contributed by atoms with Crippen molar-refractivity contribution in [3.8, 4) is 11.5 Å². The van der Waals surface area contributed by atoms with E-state index < -0.39 is 0 Å². The van der Waals surface area contributed by atoms with Gasteiger partial charge in [-0.3, -0.25) is 4.79 Å². The molecular formula is C25H23ClN4O3S. The van der Waals surface area contributed by atoms with Crippen molar-refractivity contribution in [1.29, 1.82) is 0 Å². The van der Waals surface area contributed by atoms with Gasteiger partial charge in [-0.1, -0.05) is 47.6 Å². The van der Waals surface area contributed by atoms with Gasteiger partial charge in [0.1, 0.15) is 11.5 Å². The molecular weight excluding hydrogens is 472 g/mol. The van der Waals surface area contributed by atoms with Crippen LogP contribution < -0.4 is 14.9 Å². The fourth-order valence-electron chi connectivity index (χ4n) is 3.35. The average Bonchev–Trinajstić information content (AvgIpc) is 3.21. The van der Waals surface area contributed by atoms with E-state index in [1.165, 1.54) is 18.0 Å². The van der Waals surface area contributed by atoms with Crippen molar-refractivity contribution in [2.75, 3.05) is 20.0 Å². The minimum Gasteiger partial charge on any atom is -0.497 e. The van der Waals surface area contributed by atoms with Crippen molar-refractivity contribution in [3.63, 3.8) is 0 Å². The first kappa shape index (κ1) is 23.7. The molecule has 1 N–H and O–H groups in total. The van der Waals surface area contributed by atoms with Crippen LogP contribution in [-0.4, -0.2) is 41.6 Å². The number of halogens is 1. The lowest BCUT2D eigenvalue weighted by molar-refractivity contribution is -0.118. The molecule has 1 amide bonds. The van der Waals surface area contributed by atoms with Crippen LogP contribution >= 0.6 is 23.4 Å². The maximum atomic E-state index is 12.4. The number of para-hydroxylation sites is 2. The number of rotatable bonds is 9. The minimum absolute atomic E-state index is 0.168. The van der Waals surface area contributed by atoms with E-state index in [2.05, 4.69) is 15.1 Å². The Labute approximate surface area is 206 Å². The van der Waals surface area contributed by atoms with E-state index in [0.29, 0.717) is 23.1 Å². The molecule has 0 fully saturated rings. The van der Waals surface area contributed by atoms with Crippen molar-refractivity contribution in [1.82, 2.24) is 15.0 Å². The monoisotopic (exact) mass is 494 g/mol. The highest BCUT2D eigenvalue weighted by Gasteiger charge is 2.13. The van der Waals surface area contributed by atoms with Gasteiger partial charge in [-0.25, -0.2) is 10.4 Å². The summed E-state index contributed by atoms with van der Waals surface area (Å²) in [5.41, 5.74) is 6.26. The highest BCUT2D eigenvalue weighted by molar-refractivity contribution is 7.99. The van der Waals surface area contributed by atoms with E-state index >= 15 is 0 Å². The number of carbonyl (C=O) groups excluding carboxylic acids is 1. The molecule has 0 radical (unpaired) electrons. The summed E-state index contributed by atoms with van der Waals surface area (Å²) in [4.78, 5) is 17.2. The van der Waals surface area contributed by atoms with Gasteiger partial charge in [0.05, 0.1) is 43.8 Å². The van der Waals surface area contributed by atoms with Gasteiger partial charge < -0.3 is 14.0 Å². The highest BCUT2D eigenvalue weighted by atomic mass is 35.5. The zero-order valence-electron chi connectivity index (χ0n) is 18.7. The third kappa shape index (κ3) is 5.70. The normalized spacial score (nSPS) is 11.1. The van der Waals surface area contributed by atoms with Gasteiger partial charge in [-0.15, -0.1) is 0 Å². The summed E-state index contributed by atoms with van der Waals surface area (Å²) in [7, 11) is 3.15. The lowest BCUT2D eigenvalue weighted by Gasteiger charge is -2.09. The lowest BCUT2D eigenvalue weighted by Crippen LogP contribution is -2.20. The summed E-state index contributed by atoms with van der Waals surface area (Å²) in [5.74, 6) is 1.21. The molecule has 174 valence electrons. The lowest BCUT2D eigenvalue weighted by atomic mass is 10.2. The quantitative estimate of drug-likeness (QED) is 0.201. The number of fused-ring (bicyclic) bond motifs is 1. The van der Waals surface area contributed by atoms with E-state index in [1.54, 1.807) is 32.4 Å². The highest BCUT2D eigenvalue weighted by Crippen LogP contribution is 2.26. The molecule has 7 nitrogen and oxygen atoms in total. The van der Waals surface area contributed by atoms with Crippen LogP contribution in [0, 0.1) is 0 Å². The number of benzene rings is 3. The van der Waals surface area contributed by atoms with Crippen LogP contribution in [0.4, 0.5) is 0 Å². The Bertz CT molecular complexity index is 1320. The van der Waals surface area contributed by atoms with Crippen LogP contribution in [0.15, 0.2) is 77.0 Å². The van der Waals surface area contributed by atoms with Gasteiger partial charge in [0, 0.05) is 16.7 Å². The molecule has 9 heteroatoms. The topological polar surface area (TPSA) is 77.7 Å². The number of amides is 1. The van der Waals surface area contributed by atoms with Crippen molar-refractivity contribution in [3.05, 3.63) is 82.9 Å². The summed E-state index contributed by atoms with van der Waals surface area (Å²) in [6.45, 7) is 0.622. The largest absolute Gasteiger partial charge is 0.497 e. The molecule has 0 spiro atoms. The standard InChI is InChI=1S/C25H23ClN4O3S/c1-32-20-12-9-18(23(13-20)33-2)14-27-29-24(31)16-34-25-28-21-5-3-4-6-22(21)30(25)15-17-7-10-19(26)11-8-17/h3-14H,15-16H2,1-2H3,(H,29,31)/b27-14-. The van der Waals surface area contributed by atoms with Crippen molar-refractivity contribution in [2.24, 2.45) is 5.10 Å². The third-order valence-electron chi connectivity index (χ3n) is 5.04. The van der Waals surface area contributed by atoms with Gasteiger partial charge >= 0.3 is 0 Å². The van der Waals surface area contributed by atoms with Crippen molar-refractivity contribution < 1.29 is 14.3 Å². The van der Waals surface area contributed by atoms with E-state index in [-0.39, 0.29) is 11.7 Å². The number of carbonyl (C=O) groups is 1. The predicted octanol–water partition coefficient (Wildman–Crippen LogP) is 5.00. The van der Waals surface area contributed by atoms with Crippen LogP contribution in [0.5, 0.6) is 11.5 Å². The second-order valence-corrected chi connectivity index (χ2v) is 8.66. The number of nitrogens with zero attached hydrogens (tertiary/aromatic N) is 3. The number of aromatic nitrogens is 2. The molecule has 0 unspecified atom stereocenters.